The molecule has 0 atom stereocenters. The maximum Gasteiger partial charge on any atom is 0.416 e. The number of amides is 1. The van der Waals surface area contributed by atoms with Crippen molar-refractivity contribution in [2.45, 2.75) is 26.6 Å². The summed E-state index contributed by atoms with van der Waals surface area (Å²) in [6, 6.07) is 5.73. The van der Waals surface area contributed by atoms with Crippen LogP contribution in [0.4, 0.5) is 19.2 Å². The van der Waals surface area contributed by atoms with Crippen LogP contribution in [0.15, 0.2) is 34.7 Å². The zero-order chi connectivity index (χ0) is 18.9. The molecule has 136 valence electrons. The molecule has 0 aliphatic heterocycles. The predicted molar refractivity (Wildman–Crippen MR) is 85.3 cm³/mol. The van der Waals surface area contributed by atoms with Gasteiger partial charge < -0.3 is 4.42 Å². The van der Waals surface area contributed by atoms with Crippen LogP contribution in [0.5, 0.6) is 0 Å². The lowest BCUT2D eigenvalue weighted by Gasteiger charge is -2.05. The van der Waals surface area contributed by atoms with E-state index in [1.165, 1.54) is 16.8 Å². The third-order valence-corrected chi connectivity index (χ3v) is 3.54. The largest absolute Gasteiger partial charge is 0.416 e. The fraction of sp³-hybridized carbons (Fsp3) is 0.250. The van der Waals surface area contributed by atoms with Gasteiger partial charge in [0.25, 0.3) is 5.91 Å². The maximum absolute atomic E-state index is 12.6. The van der Waals surface area contributed by atoms with Gasteiger partial charge in [0.1, 0.15) is 5.69 Å². The van der Waals surface area contributed by atoms with Gasteiger partial charge in [-0.25, -0.2) is 0 Å². The van der Waals surface area contributed by atoms with Crippen molar-refractivity contribution in [3.8, 4) is 11.5 Å². The van der Waals surface area contributed by atoms with Crippen LogP contribution in [0, 0.1) is 6.92 Å². The number of hydrogen-bond donors (Lipinski definition) is 1. The number of aryl methyl sites for hydroxylation is 2. The van der Waals surface area contributed by atoms with Crippen molar-refractivity contribution in [1.29, 1.82) is 0 Å². The Kier molecular flexibility index (Phi) is 4.49. The predicted octanol–water partition coefficient (Wildman–Crippen LogP) is 3.53. The molecule has 1 N–H and O–H groups in total. The molecule has 1 amide bonds. The molecule has 0 saturated heterocycles. The highest BCUT2D eigenvalue weighted by Gasteiger charge is 2.30. The summed E-state index contributed by atoms with van der Waals surface area (Å²) in [6.07, 6.45) is -4.42. The van der Waals surface area contributed by atoms with E-state index in [1.54, 1.807) is 13.0 Å². The van der Waals surface area contributed by atoms with Crippen molar-refractivity contribution >= 4 is 11.9 Å². The van der Waals surface area contributed by atoms with Crippen LogP contribution >= 0.6 is 0 Å². The summed E-state index contributed by atoms with van der Waals surface area (Å²) in [5.41, 5.74) is 0.546. The van der Waals surface area contributed by atoms with Gasteiger partial charge in [0.2, 0.25) is 5.89 Å². The van der Waals surface area contributed by atoms with E-state index in [-0.39, 0.29) is 11.9 Å². The third-order valence-electron chi connectivity index (χ3n) is 3.54. The first-order valence-electron chi connectivity index (χ1n) is 7.65. The molecule has 0 aliphatic rings. The van der Waals surface area contributed by atoms with Crippen LogP contribution in [0.1, 0.15) is 28.7 Å². The number of rotatable bonds is 4. The average Bonchev–Trinajstić information content (AvgIpc) is 3.20. The van der Waals surface area contributed by atoms with Crippen molar-refractivity contribution in [1.82, 2.24) is 20.0 Å². The molecule has 3 aromatic rings. The molecule has 0 unspecified atom stereocenters. The van der Waals surface area contributed by atoms with Gasteiger partial charge in [0.15, 0.2) is 0 Å². The molecular formula is C16H14F3N5O2. The standard InChI is InChI=1S/C16H14F3N5O2/c1-3-24-12(8-9(2)23-24)13(25)20-15-22-21-14(26-15)10-4-6-11(7-5-10)16(17,18)19/h4-8H,3H2,1-2H3,(H,20,22,25). The Morgan fingerprint density at radius 2 is 1.92 bits per heavy atom. The Morgan fingerprint density at radius 1 is 1.23 bits per heavy atom. The monoisotopic (exact) mass is 365 g/mol. The second-order valence-corrected chi connectivity index (χ2v) is 5.43. The normalized spacial score (nSPS) is 11.6. The van der Waals surface area contributed by atoms with Crippen LogP contribution in [0.25, 0.3) is 11.5 Å². The Hall–Kier alpha value is -3.17. The van der Waals surface area contributed by atoms with Gasteiger partial charge in [-0.3, -0.25) is 14.8 Å². The average molecular weight is 365 g/mol. The fourth-order valence-corrected chi connectivity index (χ4v) is 2.32. The van der Waals surface area contributed by atoms with Crippen molar-refractivity contribution < 1.29 is 22.4 Å². The molecular weight excluding hydrogens is 351 g/mol. The van der Waals surface area contributed by atoms with Crippen LogP contribution < -0.4 is 5.32 Å². The van der Waals surface area contributed by atoms with Crippen LogP contribution in [-0.4, -0.2) is 25.9 Å². The molecule has 0 fully saturated rings. The lowest BCUT2D eigenvalue weighted by Crippen LogP contribution is -2.17. The highest BCUT2D eigenvalue weighted by atomic mass is 19.4. The minimum Gasteiger partial charge on any atom is -0.403 e. The topological polar surface area (TPSA) is 85.8 Å². The Balaban J connectivity index is 1.76. The molecule has 1 aromatic carbocycles. The van der Waals surface area contributed by atoms with E-state index >= 15 is 0 Å². The van der Waals surface area contributed by atoms with Crippen molar-refractivity contribution in [3.63, 3.8) is 0 Å². The molecule has 0 spiro atoms. The lowest BCUT2D eigenvalue weighted by atomic mass is 10.1. The number of hydrogen-bond acceptors (Lipinski definition) is 5. The maximum atomic E-state index is 12.6. The van der Waals surface area contributed by atoms with Gasteiger partial charge in [-0.1, -0.05) is 5.10 Å². The summed E-state index contributed by atoms with van der Waals surface area (Å²) in [6.45, 7) is 4.12. The summed E-state index contributed by atoms with van der Waals surface area (Å²) < 4.78 is 44.6. The number of aromatic nitrogens is 4. The smallest absolute Gasteiger partial charge is 0.403 e. The first-order valence-corrected chi connectivity index (χ1v) is 7.65. The Bertz CT molecular complexity index is 928. The summed E-state index contributed by atoms with van der Waals surface area (Å²) in [5.74, 6) is -0.482. The number of anilines is 1. The number of carbonyl (C=O) groups is 1. The van der Waals surface area contributed by atoms with E-state index in [9.17, 15) is 18.0 Å². The summed E-state index contributed by atoms with van der Waals surface area (Å²) >= 11 is 0. The molecule has 10 heteroatoms. The molecule has 0 saturated carbocycles. The summed E-state index contributed by atoms with van der Waals surface area (Å²) in [4.78, 5) is 12.3. The Morgan fingerprint density at radius 3 is 2.54 bits per heavy atom. The van der Waals surface area contributed by atoms with E-state index in [1.807, 2.05) is 6.92 Å². The molecule has 2 heterocycles. The molecule has 3 rings (SSSR count). The van der Waals surface area contributed by atoms with E-state index in [0.29, 0.717) is 23.5 Å². The quantitative estimate of drug-likeness (QED) is 0.764. The van der Waals surface area contributed by atoms with Crippen LogP contribution in [0.2, 0.25) is 0 Å². The minimum atomic E-state index is -4.42. The van der Waals surface area contributed by atoms with Crippen molar-refractivity contribution in [2.24, 2.45) is 0 Å². The zero-order valence-corrected chi connectivity index (χ0v) is 13.8. The van der Waals surface area contributed by atoms with Gasteiger partial charge in [-0.05, 0) is 44.2 Å². The molecule has 0 aliphatic carbocycles. The lowest BCUT2D eigenvalue weighted by molar-refractivity contribution is -0.137. The van der Waals surface area contributed by atoms with Crippen molar-refractivity contribution in [2.75, 3.05) is 5.32 Å². The molecule has 26 heavy (non-hydrogen) atoms. The Labute approximate surface area is 145 Å². The minimum absolute atomic E-state index is 0.00537. The van der Waals surface area contributed by atoms with Crippen LogP contribution in [-0.2, 0) is 12.7 Å². The van der Waals surface area contributed by atoms with Gasteiger partial charge in [0, 0.05) is 12.1 Å². The molecule has 2 aromatic heterocycles. The fourth-order valence-electron chi connectivity index (χ4n) is 2.32. The van der Waals surface area contributed by atoms with Crippen LogP contribution in [0.3, 0.4) is 0 Å². The van der Waals surface area contributed by atoms with Gasteiger partial charge >= 0.3 is 12.2 Å². The molecule has 7 nitrogen and oxygen atoms in total. The number of benzene rings is 1. The number of halogens is 3. The number of alkyl halides is 3. The zero-order valence-electron chi connectivity index (χ0n) is 13.8. The van der Waals surface area contributed by atoms with Gasteiger partial charge in [0.05, 0.1) is 11.3 Å². The SMILES string of the molecule is CCn1nc(C)cc1C(=O)Nc1nnc(-c2ccc(C(F)(F)F)cc2)o1. The second-order valence-electron chi connectivity index (χ2n) is 5.43. The molecule has 0 radical (unpaired) electrons. The highest BCUT2D eigenvalue weighted by Crippen LogP contribution is 2.30. The number of nitrogens with one attached hydrogen (secondary N) is 1. The first-order chi connectivity index (χ1) is 12.3. The molecule has 0 bridgehead atoms. The second kappa shape index (κ2) is 6.62. The first kappa shape index (κ1) is 17.6. The van der Waals surface area contributed by atoms with E-state index in [0.717, 1.165) is 12.1 Å². The van der Waals surface area contributed by atoms with Gasteiger partial charge in [-0.15, -0.1) is 5.10 Å². The van der Waals surface area contributed by atoms with Gasteiger partial charge in [-0.2, -0.15) is 18.3 Å². The van der Waals surface area contributed by atoms with E-state index in [2.05, 4.69) is 20.6 Å². The summed E-state index contributed by atoms with van der Waals surface area (Å²) in [7, 11) is 0. The number of nitrogens with zero attached hydrogens (tertiary/aromatic N) is 4. The third kappa shape index (κ3) is 3.58. The number of carbonyl (C=O) groups excluding carboxylic acids is 1. The van der Waals surface area contributed by atoms with Crippen molar-refractivity contribution in [3.05, 3.63) is 47.3 Å². The highest BCUT2D eigenvalue weighted by molar-refractivity contribution is 6.01. The van der Waals surface area contributed by atoms with E-state index < -0.39 is 17.6 Å². The van der Waals surface area contributed by atoms with E-state index in [4.69, 9.17) is 4.42 Å². The summed E-state index contributed by atoms with van der Waals surface area (Å²) in [5, 5.41) is 14.1.